The normalized spacial score (nSPS) is 16.8. The van der Waals surface area contributed by atoms with Gasteiger partial charge in [0.05, 0.1) is 0 Å². The molecular weight excluding hydrogens is 160 g/mol. The van der Waals surface area contributed by atoms with Crippen molar-refractivity contribution in [2.24, 2.45) is 0 Å². The average molecular weight is 168 g/mol. The van der Waals surface area contributed by atoms with Crippen molar-refractivity contribution in [3.63, 3.8) is 0 Å². The molecule has 0 saturated heterocycles. The first kappa shape index (κ1) is 8.64. The van der Waals surface area contributed by atoms with E-state index in [4.69, 9.17) is 0 Å². The molecule has 0 bridgehead atoms. The quantitative estimate of drug-likeness (QED) is 0.347. The minimum absolute atomic E-state index is 0.245. The molecule has 64 valence electrons. The molecule has 4 nitrogen and oxygen atoms in total. The summed E-state index contributed by atoms with van der Waals surface area (Å²) in [7, 11) is 0. The molecule has 1 aliphatic heterocycles. The summed E-state index contributed by atoms with van der Waals surface area (Å²) in [6.07, 6.45) is 1.24. The Morgan fingerprint density at radius 1 is 1.33 bits per heavy atom. The number of carbonyl (C=O) groups is 3. The van der Waals surface area contributed by atoms with Crippen molar-refractivity contribution in [2.75, 3.05) is 0 Å². The Bertz CT molecular complexity index is 275. The molecule has 0 N–H and O–H groups in total. The smallest absolute Gasteiger partial charge is 0.342 e. The number of ether oxygens (including phenoxy) is 1. The maximum Gasteiger partial charge on any atom is 0.342 e. The number of esters is 2. The number of cyclic esters (lactones) is 2. The van der Waals surface area contributed by atoms with E-state index in [-0.39, 0.29) is 6.42 Å². The molecule has 0 amide bonds. The monoisotopic (exact) mass is 168 g/mol. The number of aldehydes is 1. The SMILES string of the molecule is CC1=C(CCC=O)C(=O)OC1=O. The molecule has 1 heterocycles. The van der Waals surface area contributed by atoms with E-state index in [2.05, 4.69) is 4.74 Å². The highest BCUT2D eigenvalue weighted by Gasteiger charge is 2.28. The standard InChI is InChI=1S/C8H8O4/c1-5-6(3-2-4-9)8(11)12-7(5)10/h4H,2-3H2,1H3. The lowest BCUT2D eigenvalue weighted by Gasteiger charge is -1.92. The second-order valence-electron chi connectivity index (χ2n) is 2.49. The molecule has 0 aromatic rings. The number of hydrogen-bond acceptors (Lipinski definition) is 4. The van der Waals surface area contributed by atoms with Crippen molar-refractivity contribution >= 4 is 18.2 Å². The number of hydrogen-bond donors (Lipinski definition) is 0. The molecule has 0 fully saturated rings. The molecule has 0 spiro atoms. The van der Waals surface area contributed by atoms with Gasteiger partial charge in [0.1, 0.15) is 6.29 Å². The van der Waals surface area contributed by atoms with Crippen LogP contribution in [0.4, 0.5) is 0 Å². The van der Waals surface area contributed by atoms with Crippen molar-refractivity contribution in [3.05, 3.63) is 11.1 Å². The molecule has 0 aromatic heterocycles. The maximum atomic E-state index is 10.9. The first-order valence-electron chi connectivity index (χ1n) is 3.56. The van der Waals surface area contributed by atoms with Crippen LogP contribution in [0.1, 0.15) is 19.8 Å². The Labute approximate surface area is 69.2 Å². The molecule has 1 rings (SSSR count). The molecule has 0 aromatic carbocycles. The van der Waals surface area contributed by atoms with Crippen LogP contribution in [0.3, 0.4) is 0 Å². The fraction of sp³-hybridized carbons (Fsp3) is 0.375. The summed E-state index contributed by atoms with van der Waals surface area (Å²) in [5.74, 6) is -1.21. The van der Waals surface area contributed by atoms with Gasteiger partial charge in [-0.2, -0.15) is 0 Å². The van der Waals surface area contributed by atoms with E-state index in [0.717, 1.165) is 0 Å². The van der Waals surface area contributed by atoms with Gasteiger partial charge in [-0.1, -0.05) is 0 Å². The molecule has 0 unspecified atom stereocenters. The lowest BCUT2D eigenvalue weighted by atomic mass is 10.1. The lowest BCUT2D eigenvalue weighted by Crippen LogP contribution is -2.02. The third kappa shape index (κ3) is 1.42. The zero-order valence-electron chi connectivity index (χ0n) is 6.62. The highest BCUT2D eigenvalue weighted by atomic mass is 16.6. The van der Waals surface area contributed by atoms with Crippen LogP contribution in [0.25, 0.3) is 0 Å². The van der Waals surface area contributed by atoms with Gasteiger partial charge in [-0.3, -0.25) is 0 Å². The van der Waals surface area contributed by atoms with Gasteiger partial charge in [0, 0.05) is 17.6 Å². The fourth-order valence-electron chi connectivity index (χ4n) is 0.991. The lowest BCUT2D eigenvalue weighted by molar-refractivity contribution is -0.151. The predicted molar refractivity (Wildman–Crippen MR) is 39.1 cm³/mol. The van der Waals surface area contributed by atoms with Gasteiger partial charge in [-0.15, -0.1) is 0 Å². The zero-order valence-corrected chi connectivity index (χ0v) is 6.62. The van der Waals surface area contributed by atoms with Gasteiger partial charge in [0.25, 0.3) is 0 Å². The largest absolute Gasteiger partial charge is 0.386 e. The third-order valence-corrected chi connectivity index (χ3v) is 1.70. The van der Waals surface area contributed by atoms with Crippen molar-refractivity contribution in [3.8, 4) is 0 Å². The van der Waals surface area contributed by atoms with Crippen LogP contribution in [0.5, 0.6) is 0 Å². The molecule has 12 heavy (non-hydrogen) atoms. The summed E-state index contributed by atoms with van der Waals surface area (Å²) in [6.45, 7) is 1.52. The third-order valence-electron chi connectivity index (χ3n) is 1.70. The van der Waals surface area contributed by atoms with Crippen molar-refractivity contribution < 1.29 is 19.1 Å². The molecule has 4 heteroatoms. The highest BCUT2D eigenvalue weighted by molar-refractivity contribution is 6.12. The molecule has 0 aliphatic carbocycles. The van der Waals surface area contributed by atoms with E-state index in [1.807, 2.05) is 0 Å². The van der Waals surface area contributed by atoms with E-state index in [9.17, 15) is 14.4 Å². The van der Waals surface area contributed by atoms with Crippen LogP contribution in [0.2, 0.25) is 0 Å². The van der Waals surface area contributed by atoms with E-state index in [0.29, 0.717) is 23.9 Å². The Morgan fingerprint density at radius 2 is 2.00 bits per heavy atom. The van der Waals surface area contributed by atoms with Crippen molar-refractivity contribution in [1.29, 1.82) is 0 Å². The minimum Gasteiger partial charge on any atom is -0.386 e. The topological polar surface area (TPSA) is 60.4 Å². The van der Waals surface area contributed by atoms with Crippen LogP contribution in [-0.2, 0) is 19.1 Å². The second-order valence-corrected chi connectivity index (χ2v) is 2.49. The van der Waals surface area contributed by atoms with E-state index in [1.165, 1.54) is 6.92 Å². The van der Waals surface area contributed by atoms with E-state index >= 15 is 0 Å². The highest BCUT2D eigenvalue weighted by Crippen LogP contribution is 2.20. The Morgan fingerprint density at radius 3 is 2.42 bits per heavy atom. The van der Waals surface area contributed by atoms with Crippen LogP contribution in [-0.4, -0.2) is 18.2 Å². The molecule has 1 aliphatic rings. The summed E-state index contributed by atoms with van der Waals surface area (Å²) in [5, 5.41) is 0. The Kier molecular flexibility index (Phi) is 2.38. The summed E-state index contributed by atoms with van der Waals surface area (Å²) in [4.78, 5) is 31.6. The maximum absolute atomic E-state index is 10.9. The minimum atomic E-state index is -0.612. The van der Waals surface area contributed by atoms with Crippen LogP contribution < -0.4 is 0 Å². The second kappa shape index (κ2) is 3.30. The van der Waals surface area contributed by atoms with Crippen molar-refractivity contribution in [2.45, 2.75) is 19.8 Å². The summed E-state index contributed by atoms with van der Waals surface area (Å²) < 4.78 is 4.32. The summed E-state index contributed by atoms with van der Waals surface area (Å²) >= 11 is 0. The van der Waals surface area contributed by atoms with E-state index in [1.54, 1.807) is 0 Å². The number of rotatable bonds is 3. The first-order chi connectivity index (χ1) is 5.66. The summed E-state index contributed by atoms with van der Waals surface area (Å²) in [6, 6.07) is 0. The molecule has 0 radical (unpaired) electrons. The fourth-order valence-corrected chi connectivity index (χ4v) is 0.991. The average Bonchev–Trinajstić information content (AvgIpc) is 2.25. The first-order valence-corrected chi connectivity index (χ1v) is 3.56. The Balaban J connectivity index is 2.78. The van der Waals surface area contributed by atoms with Gasteiger partial charge in [-0.05, 0) is 13.3 Å². The predicted octanol–water partition coefficient (Wildman–Crippen LogP) is 0.365. The molecule has 0 saturated carbocycles. The van der Waals surface area contributed by atoms with Gasteiger partial charge in [-0.25, -0.2) is 9.59 Å². The molecule has 0 atom stereocenters. The van der Waals surface area contributed by atoms with Crippen LogP contribution >= 0.6 is 0 Å². The van der Waals surface area contributed by atoms with Gasteiger partial charge >= 0.3 is 11.9 Å². The van der Waals surface area contributed by atoms with Crippen LogP contribution in [0.15, 0.2) is 11.1 Å². The molecular formula is C8H8O4. The van der Waals surface area contributed by atoms with Gasteiger partial charge < -0.3 is 9.53 Å². The van der Waals surface area contributed by atoms with Gasteiger partial charge in [0.2, 0.25) is 0 Å². The van der Waals surface area contributed by atoms with E-state index < -0.39 is 11.9 Å². The summed E-state index contributed by atoms with van der Waals surface area (Å²) in [5.41, 5.74) is 0.647. The Hall–Kier alpha value is -1.45. The van der Waals surface area contributed by atoms with Gasteiger partial charge in [0.15, 0.2) is 0 Å². The number of carbonyl (C=O) groups excluding carboxylic acids is 3. The van der Waals surface area contributed by atoms with Crippen molar-refractivity contribution in [1.82, 2.24) is 0 Å². The zero-order chi connectivity index (χ0) is 9.14. The van der Waals surface area contributed by atoms with Crippen LogP contribution in [0, 0.1) is 0 Å².